The number of hydrogen-bond acceptors (Lipinski definition) is 3. The lowest BCUT2D eigenvalue weighted by atomic mass is 9.74. The van der Waals surface area contributed by atoms with E-state index >= 15 is 0 Å². The van der Waals surface area contributed by atoms with Crippen molar-refractivity contribution in [2.24, 2.45) is 5.92 Å². The van der Waals surface area contributed by atoms with Crippen molar-refractivity contribution in [1.82, 2.24) is 0 Å². The summed E-state index contributed by atoms with van der Waals surface area (Å²) < 4.78 is 5.34. The molecule has 0 aliphatic heterocycles. The van der Waals surface area contributed by atoms with Gasteiger partial charge in [0.2, 0.25) is 0 Å². The molecule has 0 saturated heterocycles. The summed E-state index contributed by atoms with van der Waals surface area (Å²) in [5.41, 5.74) is 0.461. The van der Waals surface area contributed by atoms with E-state index in [1.807, 2.05) is 24.3 Å². The molecule has 1 fully saturated rings. The summed E-state index contributed by atoms with van der Waals surface area (Å²) in [5, 5.41) is 13.0. The van der Waals surface area contributed by atoms with Gasteiger partial charge in [-0.25, -0.2) is 0 Å². The highest BCUT2D eigenvalue weighted by Crippen LogP contribution is 2.38. The van der Waals surface area contributed by atoms with Gasteiger partial charge in [0.25, 0.3) is 0 Å². The highest BCUT2D eigenvalue weighted by atomic mass is 16.5. The number of benzene rings is 1. The molecule has 1 saturated carbocycles. The monoisotopic (exact) mass is 244 g/mol. The van der Waals surface area contributed by atoms with Crippen molar-refractivity contribution in [2.75, 3.05) is 12.4 Å². The molecular weight excluding hydrogens is 224 g/mol. The maximum atomic E-state index is 9.58. The van der Waals surface area contributed by atoms with Crippen molar-refractivity contribution in [3.05, 3.63) is 24.3 Å². The Morgan fingerprint density at radius 3 is 2.83 bits per heavy atom. The fourth-order valence-electron chi connectivity index (χ4n) is 2.72. The zero-order valence-corrected chi connectivity index (χ0v) is 11.1. The van der Waals surface area contributed by atoms with E-state index in [0.29, 0.717) is 5.92 Å². The van der Waals surface area contributed by atoms with Crippen LogP contribution in [0, 0.1) is 17.2 Å². The molecule has 0 spiro atoms. The van der Waals surface area contributed by atoms with E-state index in [9.17, 15) is 5.26 Å². The van der Waals surface area contributed by atoms with Crippen LogP contribution in [0.5, 0.6) is 5.75 Å². The molecule has 2 unspecified atom stereocenters. The van der Waals surface area contributed by atoms with E-state index in [2.05, 4.69) is 18.3 Å². The van der Waals surface area contributed by atoms with Crippen molar-refractivity contribution < 1.29 is 4.74 Å². The minimum absolute atomic E-state index is 0.362. The summed E-state index contributed by atoms with van der Waals surface area (Å²) >= 11 is 0. The lowest BCUT2D eigenvalue weighted by molar-refractivity contribution is 0.285. The topological polar surface area (TPSA) is 45.0 Å². The van der Waals surface area contributed by atoms with Crippen LogP contribution in [0.2, 0.25) is 0 Å². The molecule has 1 aliphatic carbocycles. The van der Waals surface area contributed by atoms with E-state index < -0.39 is 5.54 Å². The first-order valence-electron chi connectivity index (χ1n) is 6.54. The van der Waals surface area contributed by atoms with Gasteiger partial charge in [-0.3, -0.25) is 0 Å². The standard InChI is InChI=1S/C15H20N2O/c1-12-7-5-6-10-15(12,11-16)17-13-8-3-4-9-14(13)18-2/h3-4,8-9,12,17H,5-7,10H2,1-2H3. The van der Waals surface area contributed by atoms with Crippen LogP contribution in [0.3, 0.4) is 0 Å². The molecule has 0 bridgehead atoms. The number of nitrogens with one attached hydrogen (secondary N) is 1. The van der Waals surface area contributed by atoms with Crippen LogP contribution in [0.25, 0.3) is 0 Å². The third kappa shape index (κ3) is 2.28. The predicted octanol–water partition coefficient (Wildman–Crippen LogP) is 3.58. The number of methoxy groups -OCH3 is 1. The molecule has 0 heterocycles. The van der Waals surface area contributed by atoms with Gasteiger partial charge in [-0.2, -0.15) is 5.26 Å². The van der Waals surface area contributed by atoms with Crippen molar-refractivity contribution in [3.8, 4) is 11.8 Å². The molecule has 0 amide bonds. The molecule has 3 heteroatoms. The van der Waals surface area contributed by atoms with Crippen molar-refractivity contribution in [2.45, 2.75) is 38.1 Å². The Kier molecular flexibility index (Phi) is 3.76. The molecule has 2 atom stereocenters. The van der Waals surface area contributed by atoms with Gasteiger partial charge in [0.1, 0.15) is 11.3 Å². The van der Waals surface area contributed by atoms with Crippen LogP contribution in [0.15, 0.2) is 24.3 Å². The lowest BCUT2D eigenvalue weighted by Gasteiger charge is -2.38. The number of nitriles is 1. The van der Waals surface area contributed by atoms with E-state index in [0.717, 1.165) is 30.7 Å². The van der Waals surface area contributed by atoms with E-state index in [4.69, 9.17) is 4.74 Å². The SMILES string of the molecule is COc1ccccc1NC1(C#N)CCCCC1C. The maximum Gasteiger partial charge on any atom is 0.141 e. The van der Waals surface area contributed by atoms with Gasteiger partial charge < -0.3 is 10.1 Å². The van der Waals surface area contributed by atoms with Gasteiger partial charge in [-0.15, -0.1) is 0 Å². The highest BCUT2D eigenvalue weighted by molar-refractivity contribution is 5.59. The maximum absolute atomic E-state index is 9.58. The number of anilines is 1. The summed E-state index contributed by atoms with van der Waals surface area (Å²) in [6, 6.07) is 10.3. The van der Waals surface area contributed by atoms with E-state index in [1.54, 1.807) is 7.11 Å². The second kappa shape index (κ2) is 5.30. The molecule has 0 aromatic heterocycles. The minimum atomic E-state index is -0.452. The number of rotatable bonds is 3. The fraction of sp³-hybridized carbons (Fsp3) is 0.533. The predicted molar refractivity (Wildman–Crippen MR) is 72.6 cm³/mol. The lowest BCUT2D eigenvalue weighted by Crippen LogP contribution is -2.45. The third-order valence-corrected chi connectivity index (χ3v) is 3.96. The Hall–Kier alpha value is -1.69. The van der Waals surface area contributed by atoms with Crippen molar-refractivity contribution in [3.63, 3.8) is 0 Å². The molecule has 1 aromatic rings. The Balaban J connectivity index is 2.27. The van der Waals surface area contributed by atoms with Gasteiger partial charge in [-0.1, -0.05) is 31.9 Å². The van der Waals surface area contributed by atoms with Crippen LogP contribution in [-0.2, 0) is 0 Å². The third-order valence-electron chi connectivity index (χ3n) is 3.96. The minimum Gasteiger partial charge on any atom is -0.495 e. The molecule has 0 radical (unpaired) electrons. The number of nitrogens with zero attached hydrogens (tertiary/aromatic N) is 1. The van der Waals surface area contributed by atoms with Crippen LogP contribution < -0.4 is 10.1 Å². The Labute approximate surface area is 109 Å². The number of para-hydroxylation sites is 2. The molecule has 1 N–H and O–H groups in total. The molecule has 18 heavy (non-hydrogen) atoms. The summed E-state index contributed by atoms with van der Waals surface area (Å²) in [4.78, 5) is 0. The molecule has 1 aromatic carbocycles. The van der Waals surface area contributed by atoms with Gasteiger partial charge in [0.15, 0.2) is 0 Å². The normalized spacial score (nSPS) is 27.3. The van der Waals surface area contributed by atoms with Crippen LogP contribution in [0.1, 0.15) is 32.6 Å². The smallest absolute Gasteiger partial charge is 0.141 e. The summed E-state index contributed by atoms with van der Waals surface area (Å²) in [5.74, 6) is 1.16. The van der Waals surface area contributed by atoms with Gasteiger partial charge in [0.05, 0.1) is 18.9 Å². The van der Waals surface area contributed by atoms with Crippen LogP contribution >= 0.6 is 0 Å². The van der Waals surface area contributed by atoms with Crippen LogP contribution in [-0.4, -0.2) is 12.6 Å². The first-order valence-corrected chi connectivity index (χ1v) is 6.54. The Morgan fingerprint density at radius 2 is 2.17 bits per heavy atom. The van der Waals surface area contributed by atoms with E-state index in [-0.39, 0.29) is 0 Å². The van der Waals surface area contributed by atoms with Crippen molar-refractivity contribution in [1.29, 1.82) is 5.26 Å². The second-order valence-corrected chi connectivity index (χ2v) is 5.06. The summed E-state index contributed by atoms with van der Waals surface area (Å²) in [7, 11) is 1.66. The number of hydrogen-bond donors (Lipinski definition) is 1. The zero-order chi connectivity index (χ0) is 13.0. The van der Waals surface area contributed by atoms with Gasteiger partial charge in [0, 0.05) is 0 Å². The molecule has 96 valence electrons. The van der Waals surface area contributed by atoms with Crippen molar-refractivity contribution >= 4 is 5.69 Å². The number of ether oxygens (including phenoxy) is 1. The summed E-state index contributed by atoms with van der Waals surface area (Å²) in [6.07, 6.45) is 4.34. The van der Waals surface area contributed by atoms with E-state index in [1.165, 1.54) is 6.42 Å². The quantitative estimate of drug-likeness (QED) is 0.884. The first-order chi connectivity index (χ1) is 8.72. The first kappa shape index (κ1) is 12.8. The highest BCUT2D eigenvalue weighted by Gasteiger charge is 2.38. The van der Waals surface area contributed by atoms with Gasteiger partial charge >= 0.3 is 0 Å². The largest absolute Gasteiger partial charge is 0.495 e. The average Bonchev–Trinajstić information content (AvgIpc) is 2.42. The molecular formula is C15H20N2O. The summed E-state index contributed by atoms with van der Waals surface area (Å²) in [6.45, 7) is 2.16. The van der Waals surface area contributed by atoms with Gasteiger partial charge in [-0.05, 0) is 30.9 Å². The molecule has 2 rings (SSSR count). The molecule has 3 nitrogen and oxygen atoms in total. The molecule has 1 aliphatic rings. The fourth-order valence-corrected chi connectivity index (χ4v) is 2.72. The Morgan fingerprint density at radius 1 is 1.39 bits per heavy atom. The second-order valence-electron chi connectivity index (χ2n) is 5.06. The Bertz CT molecular complexity index is 452. The zero-order valence-electron chi connectivity index (χ0n) is 11.1. The van der Waals surface area contributed by atoms with Crippen LogP contribution in [0.4, 0.5) is 5.69 Å². The average molecular weight is 244 g/mol.